The minimum absolute atomic E-state index is 0.0201. The Hall–Kier alpha value is -3.08. The predicted octanol–water partition coefficient (Wildman–Crippen LogP) is 4.96. The van der Waals surface area contributed by atoms with Crippen LogP contribution >= 0.6 is 34.7 Å². The molecule has 3 heterocycles. The molecular weight excluding hydrogens is 460 g/mol. The molecule has 0 aliphatic heterocycles. The lowest BCUT2D eigenvalue weighted by atomic mass is 10.0. The summed E-state index contributed by atoms with van der Waals surface area (Å²) in [5, 5.41) is 13.5. The third-order valence-corrected chi connectivity index (χ3v) is 6.20. The van der Waals surface area contributed by atoms with Crippen molar-refractivity contribution >= 4 is 51.6 Å². The van der Waals surface area contributed by atoms with E-state index < -0.39 is 5.97 Å². The number of rotatable bonds is 7. The molecule has 3 aromatic heterocycles. The van der Waals surface area contributed by atoms with Crippen LogP contribution in [-0.4, -0.2) is 39.9 Å². The quantitative estimate of drug-likeness (QED) is 0.287. The number of methoxy groups -OCH3 is 1. The van der Waals surface area contributed by atoms with Crippen LogP contribution in [0.2, 0.25) is 5.02 Å². The number of nitrogens with one attached hydrogen (secondary N) is 2. The third-order valence-electron chi connectivity index (χ3n) is 4.16. The molecule has 0 saturated carbocycles. The van der Waals surface area contributed by atoms with Crippen LogP contribution in [-0.2, 0) is 9.53 Å². The average molecular weight is 475 g/mol. The van der Waals surface area contributed by atoms with Crippen LogP contribution in [0.25, 0.3) is 22.7 Å². The molecule has 2 N–H and O–H groups in total. The summed E-state index contributed by atoms with van der Waals surface area (Å²) in [6.07, 6.45) is 1.75. The van der Waals surface area contributed by atoms with Crippen molar-refractivity contribution < 1.29 is 18.7 Å². The summed E-state index contributed by atoms with van der Waals surface area (Å²) in [7, 11) is 1.29. The van der Waals surface area contributed by atoms with E-state index >= 15 is 0 Å². The summed E-state index contributed by atoms with van der Waals surface area (Å²) in [5.41, 5.74) is 2.22. The van der Waals surface area contributed by atoms with Crippen molar-refractivity contribution in [1.29, 1.82) is 0 Å². The van der Waals surface area contributed by atoms with Crippen molar-refractivity contribution in [2.75, 3.05) is 18.2 Å². The number of aromatic nitrogens is 3. The number of aromatic amines is 1. The SMILES string of the molecule is COC(=O)c1c(-c2ccccc2Cl)csc1NC(=O)CSc1nnc(-c2ccc[nH]2)o1. The zero-order chi connectivity index (χ0) is 21.8. The molecule has 0 spiro atoms. The fraction of sp³-hybridized carbons (Fsp3) is 0.100. The fourth-order valence-electron chi connectivity index (χ4n) is 2.76. The topological polar surface area (TPSA) is 110 Å². The number of nitrogens with zero attached hydrogens (tertiary/aromatic N) is 2. The monoisotopic (exact) mass is 474 g/mol. The van der Waals surface area contributed by atoms with Gasteiger partial charge in [-0.2, -0.15) is 0 Å². The number of H-pyrrole nitrogens is 1. The molecule has 1 aromatic carbocycles. The number of ether oxygens (including phenoxy) is 1. The van der Waals surface area contributed by atoms with Gasteiger partial charge in [0.2, 0.25) is 5.91 Å². The number of hydrogen-bond acceptors (Lipinski definition) is 8. The first-order valence-corrected chi connectivity index (χ1v) is 11.2. The Morgan fingerprint density at radius 2 is 2.06 bits per heavy atom. The molecule has 4 aromatic rings. The minimum atomic E-state index is -0.563. The highest BCUT2D eigenvalue weighted by molar-refractivity contribution is 7.99. The van der Waals surface area contributed by atoms with Crippen LogP contribution in [0.15, 0.2) is 57.6 Å². The number of amides is 1. The molecule has 0 bridgehead atoms. The zero-order valence-electron chi connectivity index (χ0n) is 16.0. The van der Waals surface area contributed by atoms with Gasteiger partial charge in [0.05, 0.1) is 12.9 Å². The highest BCUT2D eigenvalue weighted by Gasteiger charge is 2.23. The van der Waals surface area contributed by atoms with Crippen LogP contribution in [0.4, 0.5) is 5.00 Å². The smallest absolute Gasteiger partial charge is 0.341 e. The van der Waals surface area contributed by atoms with Gasteiger partial charge in [-0.3, -0.25) is 4.79 Å². The Labute approximate surface area is 190 Å². The van der Waals surface area contributed by atoms with E-state index in [0.29, 0.717) is 32.7 Å². The Balaban J connectivity index is 1.48. The molecule has 11 heteroatoms. The molecule has 158 valence electrons. The van der Waals surface area contributed by atoms with Crippen molar-refractivity contribution in [1.82, 2.24) is 15.2 Å². The lowest BCUT2D eigenvalue weighted by Crippen LogP contribution is -2.16. The summed E-state index contributed by atoms with van der Waals surface area (Å²) in [6, 6.07) is 10.8. The largest absolute Gasteiger partial charge is 0.465 e. The van der Waals surface area contributed by atoms with Crippen LogP contribution in [0.5, 0.6) is 0 Å². The fourth-order valence-corrected chi connectivity index (χ4v) is 4.53. The van der Waals surface area contributed by atoms with Gasteiger partial charge in [-0.25, -0.2) is 4.79 Å². The number of thioether (sulfide) groups is 1. The summed E-state index contributed by atoms with van der Waals surface area (Å²) in [4.78, 5) is 27.9. The highest BCUT2D eigenvalue weighted by Crippen LogP contribution is 2.39. The molecule has 1 amide bonds. The van der Waals surface area contributed by atoms with Gasteiger partial charge in [-0.15, -0.1) is 21.5 Å². The molecule has 0 aliphatic carbocycles. The Morgan fingerprint density at radius 3 is 2.81 bits per heavy atom. The molecule has 0 fully saturated rings. The van der Waals surface area contributed by atoms with E-state index in [4.69, 9.17) is 20.8 Å². The van der Waals surface area contributed by atoms with Crippen molar-refractivity contribution in [3.63, 3.8) is 0 Å². The van der Waals surface area contributed by atoms with E-state index in [0.717, 1.165) is 11.8 Å². The van der Waals surface area contributed by atoms with Gasteiger partial charge in [0.1, 0.15) is 16.3 Å². The molecule has 0 aliphatic rings. The maximum atomic E-state index is 12.5. The van der Waals surface area contributed by atoms with Gasteiger partial charge in [0, 0.05) is 27.7 Å². The van der Waals surface area contributed by atoms with Gasteiger partial charge in [-0.05, 0) is 18.2 Å². The van der Waals surface area contributed by atoms with E-state index in [1.807, 2.05) is 12.1 Å². The number of anilines is 1. The molecule has 4 rings (SSSR count). The second-order valence-electron chi connectivity index (χ2n) is 6.12. The van der Waals surface area contributed by atoms with Crippen molar-refractivity contribution in [2.45, 2.75) is 5.22 Å². The third kappa shape index (κ3) is 4.66. The van der Waals surface area contributed by atoms with E-state index in [-0.39, 0.29) is 22.4 Å². The van der Waals surface area contributed by atoms with E-state index in [1.165, 1.54) is 18.4 Å². The lowest BCUT2D eigenvalue weighted by Gasteiger charge is -2.08. The Morgan fingerprint density at radius 1 is 1.23 bits per heavy atom. The van der Waals surface area contributed by atoms with Crippen LogP contribution in [0.3, 0.4) is 0 Å². The maximum absolute atomic E-state index is 12.5. The lowest BCUT2D eigenvalue weighted by molar-refractivity contribution is -0.113. The summed E-state index contributed by atoms with van der Waals surface area (Å²) >= 11 is 8.60. The van der Waals surface area contributed by atoms with Crippen molar-refractivity contribution in [2.24, 2.45) is 0 Å². The molecule has 0 saturated heterocycles. The summed E-state index contributed by atoms with van der Waals surface area (Å²) in [6.45, 7) is 0. The molecule has 8 nitrogen and oxygen atoms in total. The second-order valence-corrected chi connectivity index (χ2v) is 8.33. The van der Waals surface area contributed by atoms with Crippen molar-refractivity contribution in [3.8, 4) is 22.7 Å². The molecule has 0 atom stereocenters. The number of esters is 1. The maximum Gasteiger partial charge on any atom is 0.341 e. The first kappa shape index (κ1) is 21.2. The Bertz CT molecular complexity index is 1220. The number of benzene rings is 1. The average Bonchev–Trinajstić information content (AvgIpc) is 3.52. The van der Waals surface area contributed by atoms with Gasteiger partial charge < -0.3 is 19.5 Å². The molecular formula is C20H15ClN4O4S2. The first-order chi connectivity index (χ1) is 15.1. The highest BCUT2D eigenvalue weighted by atomic mass is 35.5. The van der Waals surface area contributed by atoms with Gasteiger partial charge in [0.15, 0.2) is 0 Å². The molecule has 0 unspecified atom stereocenters. The number of hydrogen-bond donors (Lipinski definition) is 2. The van der Waals surface area contributed by atoms with Crippen LogP contribution in [0.1, 0.15) is 10.4 Å². The number of carbonyl (C=O) groups excluding carboxylic acids is 2. The number of carbonyl (C=O) groups is 2. The van der Waals surface area contributed by atoms with Crippen molar-refractivity contribution in [3.05, 3.63) is 58.6 Å². The minimum Gasteiger partial charge on any atom is -0.465 e. The van der Waals surface area contributed by atoms with Gasteiger partial charge in [0.25, 0.3) is 11.1 Å². The number of halogens is 1. The zero-order valence-corrected chi connectivity index (χ0v) is 18.4. The number of thiophene rings is 1. The first-order valence-electron chi connectivity index (χ1n) is 8.91. The van der Waals surface area contributed by atoms with Crippen LogP contribution < -0.4 is 5.32 Å². The molecule has 31 heavy (non-hydrogen) atoms. The van der Waals surface area contributed by atoms with Gasteiger partial charge in [-0.1, -0.05) is 41.6 Å². The summed E-state index contributed by atoms with van der Waals surface area (Å²) in [5.74, 6) is -0.538. The summed E-state index contributed by atoms with van der Waals surface area (Å²) < 4.78 is 10.4. The van der Waals surface area contributed by atoms with Crippen LogP contribution in [0, 0.1) is 0 Å². The van der Waals surface area contributed by atoms with Gasteiger partial charge >= 0.3 is 5.97 Å². The molecule has 0 radical (unpaired) electrons. The second kappa shape index (κ2) is 9.38. The van der Waals surface area contributed by atoms with E-state index in [1.54, 1.807) is 35.8 Å². The van der Waals surface area contributed by atoms with E-state index in [9.17, 15) is 9.59 Å². The predicted molar refractivity (Wildman–Crippen MR) is 120 cm³/mol. The van der Waals surface area contributed by atoms with E-state index in [2.05, 4.69) is 20.5 Å². The normalized spacial score (nSPS) is 10.8. The Kier molecular flexibility index (Phi) is 6.40. The standard InChI is InChI=1S/C20H15ClN4O4S2/c1-28-19(27)16-12(11-5-2-3-6-13(11)21)9-30-18(16)23-15(26)10-31-20-25-24-17(29-20)14-7-4-8-22-14/h2-9,22H,10H2,1H3,(H,23,26).